The Labute approximate surface area is 88.8 Å². The average Bonchev–Trinajstić information content (AvgIpc) is 2.42. The third kappa shape index (κ3) is 2.85. The van der Waals surface area contributed by atoms with Crippen LogP contribution in [0.25, 0.3) is 0 Å². The zero-order valence-electron chi connectivity index (χ0n) is 7.72. The molecule has 3 atom stereocenters. The van der Waals surface area contributed by atoms with Crippen LogP contribution in [0.5, 0.6) is 0 Å². The third-order valence-electron chi connectivity index (χ3n) is 1.78. The second kappa shape index (κ2) is 4.58. The van der Waals surface area contributed by atoms with E-state index in [9.17, 15) is 14.2 Å². The van der Waals surface area contributed by atoms with Gasteiger partial charge in [0.1, 0.15) is 6.10 Å². The molecule has 92 valence electrons. The number of phosphoric acid groups is 1. The summed E-state index contributed by atoms with van der Waals surface area (Å²) < 4.78 is 18.6. The highest BCUT2D eigenvalue weighted by atomic mass is 31.2. The first kappa shape index (κ1) is 13.2. The number of carbonyl (C=O) groups excluding carboxylic acids is 2. The number of carbonyl (C=O) groups is 2. The summed E-state index contributed by atoms with van der Waals surface area (Å²) >= 11 is 0. The highest BCUT2D eigenvalue weighted by Crippen LogP contribution is 2.39. The summed E-state index contributed by atoms with van der Waals surface area (Å²) in [5, 5.41) is 17.6. The van der Waals surface area contributed by atoms with Gasteiger partial charge in [0.05, 0.1) is 6.61 Å². The van der Waals surface area contributed by atoms with Crippen LogP contribution in [0.4, 0.5) is 0 Å². The first-order valence-electron chi connectivity index (χ1n) is 4.03. The number of hydrogen-bond donors (Lipinski definition) is 4. The summed E-state index contributed by atoms with van der Waals surface area (Å²) in [4.78, 5) is 39.1. The second-order valence-electron chi connectivity index (χ2n) is 2.99. The lowest BCUT2D eigenvalue weighted by atomic mass is 10.1. The molecule has 1 aliphatic rings. The number of esters is 1. The fourth-order valence-electron chi connectivity index (χ4n) is 1.11. The van der Waals surface area contributed by atoms with Gasteiger partial charge < -0.3 is 24.7 Å². The number of rotatable bonds is 4. The van der Waals surface area contributed by atoms with Gasteiger partial charge in [-0.05, 0) is 0 Å². The van der Waals surface area contributed by atoms with Crippen LogP contribution in [-0.2, 0) is 23.4 Å². The Bertz CT molecular complexity index is 346. The number of Topliss-reactive ketones (excluding diaryl/α,β-unsaturated/α-hetero) is 1. The van der Waals surface area contributed by atoms with Gasteiger partial charge in [0.15, 0.2) is 6.10 Å². The van der Waals surface area contributed by atoms with Crippen LogP contribution in [-0.4, -0.2) is 56.7 Å². The number of phosphoric ester groups is 1. The molecule has 0 aromatic heterocycles. The Morgan fingerprint density at radius 3 is 2.44 bits per heavy atom. The zero-order chi connectivity index (χ0) is 12.5. The molecule has 0 radical (unpaired) electrons. The van der Waals surface area contributed by atoms with Crippen molar-refractivity contribution in [3.63, 3.8) is 0 Å². The van der Waals surface area contributed by atoms with Crippen molar-refractivity contribution in [2.24, 2.45) is 0 Å². The van der Waals surface area contributed by atoms with Crippen molar-refractivity contribution in [1.82, 2.24) is 0 Å². The molecule has 0 aliphatic carbocycles. The van der Waals surface area contributed by atoms with Crippen LogP contribution in [0.3, 0.4) is 0 Å². The minimum Gasteiger partial charge on any atom is -0.449 e. The van der Waals surface area contributed by atoms with Crippen molar-refractivity contribution >= 4 is 19.6 Å². The first-order valence-corrected chi connectivity index (χ1v) is 5.56. The number of ketones is 1. The molecule has 1 saturated heterocycles. The highest BCUT2D eigenvalue weighted by Gasteiger charge is 2.50. The van der Waals surface area contributed by atoms with E-state index in [1.807, 2.05) is 0 Å². The molecule has 0 spiro atoms. The molecule has 0 amide bonds. The van der Waals surface area contributed by atoms with Crippen molar-refractivity contribution in [3.8, 4) is 0 Å². The van der Waals surface area contributed by atoms with Crippen LogP contribution in [0, 0.1) is 0 Å². The van der Waals surface area contributed by atoms with E-state index < -0.39 is 44.5 Å². The Kier molecular flexibility index (Phi) is 3.79. The SMILES string of the molecule is O=C1O[C@H]([C@H](O)CO)C(=O)C1OP(=O)(O)O. The van der Waals surface area contributed by atoms with Gasteiger partial charge >= 0.3 is 13.8 Å². The molecule has 10 heteroatoms. The molecule has 0 saturated carbocycles. The second-order valence-corrected chi connectivity index (χ2v) is 4.18. The molecule has 1 aliphatic heterocycles. The molecule has 1 heterocycles. The van der Waals surface area contributed by atoms with Gasteiger partial charge in [-0.3, -0.25) is 9.32 Å². The van der Waals surface area contributed by atoms with Crippen LogP contribution < -0.4 is 0 Å². The Hall–Kier alpha value is -0.830. The average molecular weight is 256 g/mol. The summed E-state index contributed by atoms with van der Waals surface area (Å²) in [6, 6.07) is 0. The summed E-state index contributed by atoms with van der Waals surface area (Å²) in [6.45, 7) is -0.841. The lowest BCUT2D eigenvalue weighted by molar-refractivity contribution is -0.151. The number of cyclic esters (lactones) is 1. The fraction of sp³-hybridized carbons (Fsp3) is 0.667. The van der Waals surface area contributed by atoms with Gasteiger partial charge in [-0.2, -0.15) is 0 Å². The molecule has 1 fully saturated rings. The van der Waals surface area contributed by atoms with E-state index in [0.29, 0.717) is 0 Å². The van der Waals surface area contributed by atoms with E-state index in [1.165, 1.54) is 0 Å². The fourth-order valence-corrected chi connectivity index (χ4v) is 1.57. The van der Waals surface area contributed by atoms with E-state index in [2.05, 4.69) is 9.26 Å². The topological polar surface area (TPSA) is 151 Å². The monoisotopic (exact) mass is 256 g/mol. The Morgan fingerprint density at radius 1 is 1.44 bits per heavy atom. The summed E-state index contributed by atoms with van der Waals surface area (Å²) in [5.41, 5.74) is 0. The maximum absolute atomic E-state index is 11.3. The van der Waals surface area contributed by atoms with Crippen molar-refractivity contribution in [3.05, 3.63) is 0 Å². The highest BCUT2D eigenvalue weighted by molar-refractivity contribution is 7.46. The predicted octanol–water partition coefficient (Wildman–Crippen LogP) is -2.69. The van der Waals surface area contributed by atoms with Crippen molar-refractivity contribution in [1.29, 1.82) is 0 Å². The molecule has 1 rings (SSSR count). The minimum atomic E-state index is -5.02. The molecule has 1 unspecified atom stereocenters. The summed E-state index contributed by atoms with van der Waals surface area (Å²) in [7, 11) is -5.02. The largest absolute Gasteiger partial charge is 0.470 e. The number of aliphatic hydroxyl groups is 2. The standard InChI is InChI=1S/C6H9O9P/c7-1-2(8)4-3(9)5(6(10)14-4)15-16(11,12)13/h2,4-5,7-8H,1H2,(H2,11,12,13)/t2-,4-,5?/m1/s1. The van der Waals surface area contributed by atoms with Gasteiger partial charge in [0.25, 0.3) is 0 Å². The van der Waals surface area contributed by atoms with Crippen LogP contribution in [0.1, 0.15) is 0 Å². The number of ether oxygens (including phenoxy) is 1. The quantitative estimate of drug-likeness (QED) is 0.239. The zero-order valence-corrected chi connectivity index (χ0v) is 8.61. The molecule has 0 aromatic rings. The summed E-state index contributed by atoms with van der Waals surface area (Å²) in [6.07, 6.45) is -5.40. The predicted molar refractivity (Wildman–Crippen MR) is 44.9 cm³/mol. The van der Waals surface area contributed by atoms with Gasteiger partial charge in [0, 0.05) is 0 Å². The van der Waals surface area contributed by atoms with Crippen molar-refractivity contribution < 1.29 is 43.4 Å². The van der Waals surface area contributed by atoms with Gasteiger partial charge in [-0.15, -0.1) is 0 Å². The van der Waals surface area contributed by atoms with Crippen LogP contribution in [0.15, 0.2) is 0 Å². The summed E-state index contributed by atoms with van der Waals surface area (Å²) in [5.74, 6) is -2.46. The van der Waals surface area contributed by atoms with E-state index in [4.69, 9.17) is 20.0 Å². The van der Waals surface area contributed by atoms with Gasteiger partial charge in [-0.25, -0.2) is 9.36 Å². The minimum absolute atomic E-state index is 0.841. The van der Waals surface area contributed by atoms with Crippen molar-refractivity contribution in [2.45, 2.75) is 18.3 Å². The molecule has 0 bridgehead atoms. The first-order chi connectivity index (χ1) is 7.26. The van der Waals surface area contributed by atoms with E-state index in [0.717, 1.165) is 0 Å². The molecular formula is C6H9O9P. The smallest absolute Gasteiger partial charge is 0.449 e. The van der Waals surface area contributed by atoms with E-state index in [1.54, 1.807) is 0 Å². The molecular weight excluding hydrogens is 247 g/mol. The maximum Gasteiger partial charge on any atom is 0.470 e. The lowest BCUT2D eigenvalue weighted by Gasteiger charge is -2.12. The molecule has 4 N–H and O–H groups in total. The third-order valence-corrected chi connectivity index (χ3v) is 2.26. The Morgan fingerprint density at radius 2 is 2.00 bits per heavy atom. The van der Waals surface area contributed by atoms with Gasteiger partial charge in [0.2, 0.25) is 11.9 Å². The molecule has 0 aromatic carbocycles. The molecule has 16 heavy (non-hydrogen) atoms. The van der Waals surface area contributed by atoms with Gasteiger partial charge in [-0.1, -0.05) is 0 Å². The maximum atomic E-state index is 11.3. The Balaban J connectivity index is 2.79. The lowest BCUT2D eigenvalue weighted by Crippen LogP contribution is -2.37. The molecule has 9 nitrogen and oxygen atoms in total. The number of aliphatic hydroxyl groups excluding tert-OH is 2. The van der Waals surface area contributed by atoms with Crippen LogP contribution in [0.2, 0.25) is 0 Å². The number of hydrogen-bond acceptors (Lipinski definition) is 7. The van der Waals surface area contributed by atoms with Crippen LogP contribution >= 0.6 is 7.82 Å². The van der Waals surface area contributed by atoms with E-state index >= 15 is 0 Å². The van der Waals surface area contributed by atoms with E-state index in [-0.39, 0.29) is 0 Å². The normalized spacial score (nSPS) is 28.0. The van der Waals surface area contributed by atoms with Crippen molar-refractivity contribution in [2.75, 3.05) is 6.61 Å².